The Labute approximate surface area is 171 Å². The number of benzene rings is 2. The molecular formula is C21H25N3O4S. The van der Waals surface area contributed by atoms with Crippen molar-refractivity contribution in [1.82, 2.24) is 9.62 Å². The summed E-state index contributed by atoms with van der Waals surface area (Å²) in [6.07, 6.45) is 2.39. The van der Waals surface area contributed by atoms with Gasteiger partial charge in [0.15, 0.2) is 0 Å². The third-order valence-corrected chi connectivity index (χ3v) is 6.22. The summed E-state index contributed by atoms with van der Waals surface area (Å²) in [4.78, 5) is 25.4. The van der Waals surface area contributed by atoms with E-state index in [0.717, 1.165) is 11.8 Å². The molecular weight excluding hydrogens is 390 g/mol. The van der Waals surface area contributed by atoms with Crippen molar-refractivity contribution in [3.63, 3.8) is 0 Å². The average Bonchev–Trinajstić information content (AvgIpc) is 2.72. The molecule has 1 aliphatic rings. The molecule has 1 heterocycles. The third kappa shape index (κ3) is 5.65. The van der Waals surface area contributed by atoms with Crippen LogP contribution in [0.2, 0.25) is 0 Å². The number of sulfonamides is 1. The minimum Gasteiger partial charge on any atom is -0.348 e. The number of nitrogens with zero attached hydrogens (tertiary/aromatic N) is 1. The molecule has 1 fully saturated rings. The van der Waals surface area contributed by atoms with Crippen LogP contribution in [-0.4, -0.2) is 43.9 Å². The zero-order valence-corrected chi connectivity index (χ0v) is 17.1. The average molecular weight is 416 g/mol. The monoisotopic (exact) mass is 415 g/mol. The van der Waals surface area contributed by atoms with Crippen LogP contribution in [0.15, 0.2) is 54.6 Å². The van der Waals surface area contributed by atoms with Crippen LogP contribution in [0.4, 0.5) is 5.69 Å². The van der Waals surface area contributed by atoms with Crippen molar-refractivity contribution in [3.05, 3.63) is 65.7 Å². The maximum Gasteiger partial charge on any atom is 0.253 e. The molecule has 1 saturated heterocycles. The van der Waals surface area contributed by atoms with Gasteiger partial charge >= 0.3 is 0 Å². The van der Waals surface area contributed by atoms with E-state index in [1.807, 2.05) is 30.3 Å². The number of amides is 2. The minimum absolute atomic E-state index is 0.160. The molecule has 0 aliphatic carbocycles. The van der Waals surface area contributed by atoms with E-state index >= 15 is 0 Å². The van der Waals surface area contributed by atoms with Gasteiger partial charge in [0.2, 0.25) is 15.9 Å². The predicted octanol–water partition coefficient (Wildman–Crippen LogP) is 2.23. The van der Waals surface area contributed by atoms with Crippen LogP contribution in [0.1, 0.15) is 28.8 Å². The predicted molar refractivity (Wildman–Crippen MR) is 112 cm³/mol. The minimum atomic E-state index is -3.33. The maximum absolute atomic E-state index is 12.7. The molecule has 2 aromatic carbocycles. The summed E-state index contributed by atoms with van der Waals surface area (Å²) in [6, 6.07) is 16.4. The second kappa shape index (κ2) is 9.19. The summed E-state index contributed by atoms with van der Waals surface area (Å²) in [6.45, 7) is 0.974. The standard InChI is InChI=1S/C21H25N3O4S/c1-29(27,28)24-13-7-10-17(15-24)20(25)23-19-12-6-5-11-18(19)21(26)22-14-16-8-3-2-4-9-16/h2-6,8-9,11-12,17H,7,10,13-15H2,1H3,(H,22,26)(H,23,25)/t17-/m1/s1. The second-order valence-corrected chi connectivity index (χ2v) is 9.15. The number of hydrogen-bond acceptors (Lipinski definition) is 4. The van der Waals surface area contributed by atoms with Crippen LogP contribution in [0.3, 0.4) is 0 Å². The fourth-order valence-corrected chi connectivity index (χ4v) is 4.27. The molecule has 0 radical (unpaired) electrons. The van der Waals surface area contributed by atoms with Gasteiger partial charge in [0.1, 0.15) is 0 Å². The third-order valence-electron chi connectivity index (χ3n) is 4.95. The highest BCUT2D eigenvalue weighted by Gasteiger charge is 2.30. The Hall–Kier alpha value is -2.71. The van der Waals surface area contributed by atoms with Crippen LogP contribution in [0, 0.1) is 5.92 Å². The fraction of sp³-hybridized carbons (Fsp3) is 0.333. The Morgan fingerprint density at radius 2 is 1.76 bits per heavy atom. The summed E-state index contributed by atoms with van der Waals surface area (Å²) in [5.74, 6) is -1.01. The van der Waals surface area contributed by atoms with Crippen LogP contribution in [0.5, 0.6) is 0 Å². The number of carbonyl (C=O) groups is 2. The lowest BCUT2D eigenvalue weighted by Crippen LogP contribution is -2.43. The number of piperidine rings is 1. The molecule has 2 N–H and O–H groups in total. The van der Waals surface area contributed by atoms with Crippen molar-refractivity contribution in [3.8, 4) is 0 Å². The van der Waals surface area contributed by atoms with Crippen molar-refractivity contribution in [2.45, 2.75) is 19.4 Å². The Kier molecular flexibility index (Phi) is 6.66. The largest absolute Gasteiger partial charge is 0.348 e. The van der Waals surface area contributed by atoms with Crippen LogP contribution in [-0.2, 0) is 21.4 Å². The van der Waals surface area contributed by atoms with Gasteiger partial charge in [-0.3, -0.25) is 9.59 Å². The lowest BCUT2D eigenvalue weighted by molar-refractivity contribution is -0.120. The zero-order valence-electron chi connectivity index (χ0n) is 16.3. The Balaban J connectivity index is 1.67. The Morgan fingerprint density at radius 1 is 1.07 bits per heavy atom. The first-order valence-electron chi connectivity index (χ1n) is 9.52. The van der Waals surface area contributed by atoms with E-state index < -0.39 is 15.9 Å². The van der Waals surface area contributed by atoms with Gasteiger partial charge in [-0.25, -0.2) is 12.7 Å². The van der Waals surface area contributed by atoms with Crippen molar-refractivity contribution in [2.24, 2.45) is 5.92 Å². The van der Waals surface area contributed by atoms with Crippen molar-refractivity contribution in [2.75, 3.05) is 24.7 Å². The number of carbonyl (C=O) groups excluding carboxylic acids is 2. The smallest absolute Gasteiger partial charge is 0.253 e. The van der Waals surface area contributed by atoms with Gasteiger partial charge in [0, 0.05) is 19.6 Å². The number of nitrogens with one attached hydrogen (secondary N) is 2. The van der Waals surface area contributed by atoms with E-state index in [1.165, 1.54) is 4.31 Å². The van der Waals surface area contributed by atoms with E-state index in [2.05, 4.69) is 10.6 Å². The first-order valence-corrected chi connectivity index (χ1v) is 11.4. The normalized spacial score (nSPS) is 17.5. The van der Waals surface area contributed by atoms with E-state index in [4.69, 9.17) is 0 Å². The van der Waals surface area contributed by atoms with Gasteiger partial charge in [-0.2, -0.15) is 0 Å². The molecule has 7 nitrogen and oxygen atoms in total. The van der Waals surface area contributed by atoms with Crippen LogP contribution >= 0.6 is 0 Å². The number of hydrogen-bond donors (Lipinski definition) is 2. The highest BCUT2D eigenvalue weighted by molar-refractivity contribution is 7.88. The molecule has 0 bridgehead atoms. The molecule has 2 amide bonds. The molecule has 2 aromatic rings. The SMILES string of the molecule is CS(=O)(=O)N1CCC[C@@H](C(=O)Nc2ccccc2C(=O)NCc2ccccc2)C1. The van der Waals surface area contributed by atoms with Crippen molar-refractivity contribution < 1.29 is 18.0 Å². The summed E-state index contributed by atoms with van der Waals surface area (Å²) in [5, 5.41) is 5.67. The highest BCUT2D eigenvalue weighted by Crippen LogP contribution is 2.22. The van der Waals surface area contributed by atoms with Gasteiger partial charge in [-0.05, 0) is 30.5 Å². The number of para-hydroxylation sites is 1. The lowest BCUT2D eigenvalue weighted by atomic mass is 9.98. The van der Waals surface area contributed by atoms with Gasteiger partial charge in [0.05, 0.1) is 23.4 Å². The second-order valence-electron chi connectivity index (χ2n) is 7.16. The van der Waals surface area contributed by atoms with E-state index in [-0.39, 0.29) is 18.4 Å². The summed E-state index contributed by atoms with van der Waals surface area (Å²) < 4.78 is 24.9. The quantitative estimate of drug-likeness (QED) is 0.756. The molecule has 0 aromatic heterocycles. The molecule has 0 saturated carbocycles. The molecule has 154 valence electrons. The van der Waals surface area contributed by atoms with Gasteiger partial charge in [-0.15, -0.1) is 0 Å². The highest BCUT2D eigenvalue weighted by atomic mass is 32.2. The van der Waals surface area contributed by atoms with E-state index in [9.17, 15) is 18.0 Å². The summed E-state index contributed by atoms with van der Waals surface area (Å²) in [5.41, 5.74) is 1.76. The lowest BCUT2D eigenvalue weighted by Gasteiger charge is -2.30. The zero-order chi connectivity index (χ0) is 20.9. The Morgan fingerprint density at radius 3 is 2.48 bits per heavy atom. The van der Waals surface area contributed by atoms with Gasteiger partial charge in [0.25, 0.3) is 5.91 Å². The first-order chi connectivity index (χ1) is 13.8. The van der Waals surface area contributed by atoms with E-state index in [0.29, 0.717) is 37.2 Å². The fourth-order valence-electron chi connectivity index (χ4n) is 3.36. The molecule has 8 heteroatoms. The van der Waals surface area contributed by atoms with Gasteiger partial charge < -0.3 is 10.6 Å². The molecule has 0 spiro atoms. The molecule has 1 atom stereocenters. The summed E-state index contributed by atoms with van der Waals surface area (Å²) >= 11 is 0. The molecule has 0 unspecified atom stereocenters. The maximum atomic E-state index is 12.7. The van der Waals surface area contributed by atoms with Gasteiger partial charge in [-0.1, -0.05) is 42.5 Å². The molecule has 29 heavy (non-hydrogen) atoms. The van der Waals surface area contributed by atoms with Crippen molar-refractivity contribution >= 4 is 27.5 Å². The first kappa shape index (κ1) is 21.0. The van der Waals surface area contributed by atoms with Crippen LogP contribution < -0.4 is 10.6 Å². The molecule has 3 rings (SSSR count). The topological polar surface area (TPSA) is 95.6 Å². The number of rotatable bonds is 6. The Bertz CT molecular complexity index is 976. The van der Waals surface area contributed by atoms with Crippen LogP contribution in [0.25, 0.3) is 0 Å². The molecule has 1 aliphatic heterocycles. The number of anilines is 1. The van der Waals surface area contributed by atoms with Crippen molar-refractivity contribution in [1.29, 1.82) is 0 Å². The summed E-state index contributed by atoms with van der Waals surface area (Å²) in [7, 11) is -3.33. The van der Waals surface area contributed by atoms with E-state index in [1.54, 1.807) is 24.3 Å².